The molecule has 0 spiro atoms. The van der Waals surface area contributed by atoms with Crippen LogP contribution in [0.1, 0.15) is 35.7 Å². The minimum Gasteiger partial charge on any atom is -0.478 e. The number of carbonyl (C=O) groups is 1. The number of anilines is 2. The van der Waals surface area contributed by atoms with E-state index in [-0.39, 0.29) is 16.1 Å². The van der Waals surface area contributed by atoms with Gasteiger partial charge in [-0.3, -0.25) is 4.72 Å². The molecule has 0 bridgehead atoms. The zero-order valence-electron chi connectivity index (χ0n) is 15.3. The molecule has 0 saturated carbocycles. The smallest absolute Gasteiger partial charge is 0.337 e. The highest BCUT2D eigenvalue weighted by atomic mass is 32.2. The summed E-state index contributed by atoms with van der Waals surface area (Å²) in [4.78, 5) is 17.8. The number of hydrogen-bond donors (Lipinski definition) is 2. The van der Waals surface area contributed by atoms with Crippen LogP contribution in [0, 0.1) is 12.8 Å². The predicted molar refractivity (Wildman–Crippen MR) is 104 cm³/mol. The molecule has 0 amide bonds. The minimum atomic E-state index is -3.87. The van der Waals surface area contributed by atoms with Gasteiger partial charge in [0.2, 0.25) is 0 Å². The van der Waals surface area contributed by atoms with Gasteiger partial charge in [0.1, 0.15) is 0 Å². The van der Waals surface area contributed by atoms with Gasteiger partial charge in [-0.1, -0.05) is 25.1 Å². The number of rotatable bonds is 5. The first-order valence-electron chi connectivity index (χ1n) is 8.84. The van der Waals surface area contributed by atoms with Crippen LogP contribution >= 0.6 is 0 Å². The van der Waals surface area contributed by atoms with Crippen LogP contribution in [-0.4, -0.2) is 37.6 Å². The van der Waals surface area contributed by atoms with E-state index in [4.69, 9.17) is 0 Å². The number of nitrogens with zero attached hydrogens (tertiary/aromatic N) is 2. The second-order valence-corrected chi connectivity index (χ2v) is 8.62. The predicted octanol–water partition coefficient (Wildman–Crippen LogP) is 3.13. The first kappa shape index (κ1) is 19.2. The third-order valence-corrected chi connectivity index (χ3v) is 6.22. The highest BCUT2D eigenvalue weighted by molar-refractivity contribution is 7.92. The fourth-order valence-electron chi connectivity index (χ4n) is 3.34. The van der Waals surface area contributed by atoms with Crippen molar-refractivity contribution in [3.05, 3.63) is 47.7 Å². The number of carboxylic acids is 1. The van der Waals surface area contributed by atoms with Crippen molar-refractivity contribution in [2.45, 2.75) is 31.6 Å². The quantitative estimate of drug-likeness (QED) is 0.815. The molecule has 27 heavy (non-hydrogen) atoms. The van der Waals surface area contributed by atoms with E-state index in [0.717, 1.165) is 25.9 Å². The number of carboxylic acid groups (broad SMARTS) is 1. The lowest BCUT2D eigenvalue weighted by Gasteiger charge is -2.33. The molecular weight excluding hydrogens is 366 g/mol. The van der Waals surface area contributed by atoms with E-state index in [9.17, 15) is 18.3 Å². The van der Waals surface area contributed by atoms with Crippen LogP contribution in [0.3, 0.4) is 0 Å². The minimum absolute atomic E-state index is 0.0636. The van der Waals surface area contributed by atoms with Gasteiger partial charge in [-0.25, -0.2) is 18.2 Å². The molecular formula is C19H23N3O4S. The SMILES string of the molecule is Cc1ccccc1S(=O)(=O)Nc1cc(C(=O)O)cnc1N1CCC[C@@H](C)C1. The molecule has 2 aromatic rings. The fourth-order valence-corrected chi connectivity index (χ4v) is 4.64. The molecule has 0 unspecified atom stereocenters. The van der Waals surface area contributed by atoms with Gasteiger partial charge >= 0.3 is 5.97 Å². The molecule has 144 valence electrons. The van der Waals surface area contributed by atoms with E-state index in [1.165, 1.54) is 18.3 Å². The van der Waals surface area contributed by atoms with Crippen molar-refractivity contribution in [2.75, 3.05) is 22.7 Å². The lowest BCUT2D eigenvalue weighted by Crippen LogP contribution is -2.35. The van der Waals surface area contributed by atoms with Crippen molar-refractivity contribution in [3.63, 3.8) is 0 Å². The highest BCUT2D eigenvalue weighted by Crippen LogP contribution is 2.31. The van der Waals surface area contributed by atoms with Crippen LogP contribution in [-0.2, 0) is 10.0 Å². The average Bonchev–Trinajstić information content (AvgIpc) is 2.61. The lowest BCUT2D eigenvalue weighted by atomic mass is 10.0. The van der Waals surface area contributed by atoms with Crippen molar-refractivity contribution in [1.82, 2.24) is 4.98 Å². The molecule has 1 aliphatic heterocycles. The summed E-state index contributed by atoms with van der Waals surface area (Å²) in [7, 11) is -3.87. The van der Waals surface area contributed by atoms with Crippen LogP contribution in [0.5, 0.6) is 0 Å². The van der Waals surface area contributed by atoms with E-state index < -0.39 is 16.0 Å². The summed E-state index contributed by atoms with van der Waals surface area (Å²) in [6, 6.07) is 7.99. The molecule has 1 saturated heterocycles. The average molecular weight is 389 g/mol. The summed E-state index contributed by atoms with van der Waals surface area (Å²) < 4.78 is 28.4. The number of nitrogens with one attached hydrogen (secondary N) is 1. The Labute approximate surface area is 159 Å². The lowest BCUT2D eigenvalue weighted by molar-refractivity contribution is 0.0696. The first-order chi connectivity index (χ1) is 12.8. The summed E-state index contributed by atoms with van der Waals surface area (Å²) in [5.41, 5.74) is 0.735. The van der Waals surface area contributed by atoms with Gasteiger partial charge in [-0.2, -0.15) is 0 Å². The Hall–Kier alpha value is -2.61. The molecule has 2 heterocycles. The Balaban J connectivity index is 2.03. The van der Waals surface area contributed by atoms with E-state index in [1.807, 2.05) is 4.90 Å². The summed E-state index contributed by atoms with van der Waals surface area (Å²) in [6.45, 7) is 5.35. The Kier molecular flexibility index (Phi) is 5.36. The van der Waals surface area contributed by atoms with Crippen LogP contribution in [0.15, 0.2) is 41.4 Å². The Morgan fingerprint density at radius 2 is 2.07 bits per heavy atom. The standard InChI is InChI=1S/C19H23N3O4S/c1-13-6-5-9-22(12-13)18-16(10-15(11-20-18)19(23)24)21-27(25,26)17-8-4-3-7-14(17)2/h3-4,7-8,10-11,13,21H,5-6,9,12H2,1-2H3,(H,23,24)/t13-/m1/s1. The molecule has 1 aliphatic rings. The van der Waals surface area contributed by atoms with E-state index in [2.05, 4.69) is 16.6 Å². The Bertz CT molecular complexity index is 959. The molecule has 1 aromatic heterocycles. The zero-order chi connectivity index (χ0) is 19.6. The van der Waals surface area contributed by atoms with Gasteiger partial charge in [-0.05, 0) is 43.4 Å². The third-order valence-electron chi connectivity index (χ3n) is 4.70. The van der Waals surface area contributed by atoms with E-state index >= 15 is 0 Å². The number of aromatic nitrogens is 1. The number of pyridine rings is 1. The molecule has 1 atom stereocenters. The number of piperidine rings is 1. The van der Waals surface area contributed by atoms with Crippen LogP contribution in [0.2, 0.25) is 0 Å². The third kappa shape index (κ3) is 4.21. The van der Waals surface area contributed by atoms with Crippen LogP contribution in [0.4, 0.5) is 11.5 Å². The van der Waals surface area contributed by atoms with Gasteiger partial charge in [-0.15, -0.1) is 0 Å². The van der Waals surface area contributed by atoms with Crippen molar-refractivity contribution in [3.8, 4) is 0 Å². The second kappa shape index (κ2) is 7.56. The van der Waals surface area contributed by atoms with E-state index in [0.29, 0.717) is 17.3 Å². The first-order valence-corrected chi connectivity index (χ1v) is 10.3. The molecule has 2 N–H and O–H groups in total. The summed E-state index contributed by atoms with van der Waals surface area (Å²) in [6.07, 6.45) is 3.35. The van der Waals surface area contributed by atoms with Crippen molar-refractivity contribution in [2.24, 2.45) is 5.92 Å². The fraction of sp³-hybridized carbons (Fsp3) is 0.368. The number of benzene rings is 1. The van der Waals surface area contributed by atoms with Crippen LogP contribution in [0.25, 0.3) is 0 Å². The molecule has 1 aromatic carbocycles. The molecule has 8 heteroatoms. The number of aryl methyl sites for hydroxylation is 1. The van der Waals surface area contributed by atoms with Gasteiger partial charge in [0, 0.05) is 19.3 Å². The number of hydrogen-bond acceptors (Lipinski definition) is 5. The van der Waals surface area contributed by atoms with Crippen molar-refractivity contribution in [1.29, 1.82) is 0 Å². The molecule has 1 fully saturated rings. The Morgan fingerprint density at radius 3 is 2.74 bits per heavy atom. The van der Waals surface area contributed by atoms with Gasteiger partial charge in [0.05, 0.1) is 16.1 Å². The molecule has 0 aliphatic carbocycles. The largest absolute Gasteiger partial charge is 0.478 e. The van der Waals surface area contributed by atoms with Crippen molar-refractivity contribution >= 4 is 27.5 Å². The maximum absolute atomic E-state index is 12.9. The van der Waals surface area contributed by atoms with Gasteiger partial charge in [0.15, 0.2) is 5.82 Å². The number of sulfonamides is 1. The molecule has 7 nitrogen and oxygen atoms in total. The summed E-state index contributed by atoms with van der Waals surface area (Å²) in [5, 5.41) is 9.28. The highest BCUT2D eigenvalue weighted by Gasteiger charge is 2.24. The topological polar surface area (TPSA) is 99.6 Å². The second-order valence-electron chi connectivity index (χ2n) is 6.96. The van der Waals surface area contributed by atoms with Crippen molar-refractivity contribution < 1.29 is 18.3 Å². The van der Waals surface area contributed by atoms with E-state index in [1.54, 1.807) is 25.1 Å². The maximum atomic E-state index is 12.9. The van der Waals surface area contributed by atoms with Gasteiger partial charge < -0.3 is 10.0 Å². The number of aromatic carboxylic acids is 1. The van der Waals surface area contributed by atoms with Gasteiger partial charge in [0.25, 0.3) is 10.0 Å². The molecule has 3 rings (SSSR count). The maximum Gasteiger partial charge on any atom is 0.337 e. The van der Waals surface area contributed by atoms with Crippen LogP contribution < -0.4 is 9.62 Å². The Morgan fingerprint density at radius 1 is 1.33 bits per heavy atom. The molecule has 0 radical (unpaired) electrons. The zero-order valence-corrected chi connectivity index (χ0v) is 16.2. The normalized spacial score (nSPS) is 17.6. The summed E-state index contributed by atoms with van der Waals surface area (Å²) in [5.74, 6) is -0.235. The summed E-state index contributed by atoms with van der Waals surface area (Å²) >= 11 is 0. The monoisotopic (exact) mass is 389 g/mol.